The monoisotopic (exact) mass is 380 g/mol. The number of carbonyl (C=O) groups is 1. The first-order valence-electron chi connectivity index (χ1n) is 8.90. The predicted molar refractivity (Wildman–Crippen MR) is 111 cm³/mol. The second kappa shape index (κ2) is 8.04. The highest BCUT2D eigenvalue weighted by atomic mass is 16.5. The quantitative estimate of drug-likeness (QED) is 0.554. The van der Waals surface area contributed by atoms with Crippen LogP contribution >= 0.6 is 0 Å². The zero-order valence-electron chi connectivity index (χ0n) is 16.4. The molecule has 7 nitrogen and oxygen atoms in total. The largest absolute Gasteiger partial charge is 0.497 e. The van der Waals surface area contributed by atoms with Crippen molar-refractivity contribution in [3.8, 4) is 5.75 Å². The third-order valence-corrected chi connectivity index (χ3v) is 4.04. The number of hydrogen-bond acceptors (Lipinski definition) is 5. The number of anilines is 4. The molecule has 0 spiro atoms. The van der Waals surface area contributed by atoms with Crippen LogP contribution in [0.15, 0.2) is 59.1 Å². The predicted octanol–water partition coefficient (Wildman–Crippen LogP) is 5.37. The minimum Gasteiger partial charge on any atom is -0.497 e. The van der Waals surface area contributed by atoms with Crippen molar-refractivity contribution < 1.29 is 14.1 Å². The lowest BCUT2D eigenvalue weighted by Crippen LogP contribution is -2.19. The van der Waals surface area contributed by atoms with Gasteiger partial charge >= 0.3 is 6.03 Å². The Morgan fingerprint density at radius 2 is 1.50 bits per heavy atom. The Bertz CT molecular complexity index is 926. The van der Waals surface area contributed by atoms with Gasteiger partial charge in [-0.05, 0) is 48.5 Å². The summed E-state index contributed by atoms with van der Waals surface area (Å²) in [6.07, 6.45) is 0. The molecule has 146 valence electrons. The van der Waals surface area contributed by atoms with Gasteiger partial charge in [0.25, 0.3) is 0 Å². The van der Waals surface area contributed by atoms with Gasteiger partial charge in [-0.1, -0.05) is 25.9 Å². The van der Waals surface area contributed by atoms with E-state index in [-0.39, 0.29) is 5.41 Å². The van der Waals surface area contributed by atoms with Crippen LogP contribution in [0.2, 0.25) is 0 Å². The number of hydrogen-bond donors (Lipinski definition) is 3. The minimum absolute atomic E-state index is 0.146. The Morgan fingerprint density at radius 1 is 0.929 bits per heavy atom. The van der Waals surface area contributed by atoms with Crippen molar-refractivity contribution in [2.45, 2.75) is 26.2 Å². The molecule has 0 unspecified atom stereocenters. The first-order chi connectivity index (χ1) is 13.3. The Kier molecular flexibility index (Phi) is 5.54. The molecule has 0 aliphatic rings. The van der Waals surface area contributed by atoms with Crippen LogP contribution in [-0.4, -0.2) is 18.3 Å². The molecule has 0 fully saturated rings. The number of nitrogens with one attached hydrogen (secondary N) is 3. The fourth-order valence-electron chi connectivity index (χ4n) is 2.44. The van der Waals surface area contributed by atoms with E-state index in [9.17, 15) is 4.79 Å². The Hall–Kier alpha value is -3.48. The summed E-state index contributed by atoms with van der Waals surface area (Å²) in [6.45, 7) is 6.07. The molecule has 0 radical (unpaired) electrons. The van der Waals surface area contributed by atoms with Crippen LogP contribution in [0, 0.1) is 0 Å². The average Bonchev–Trinajstić information content (AvgIpc) is 3.13. The van der Waals surface area contributed by atoms with Crippen LogP contribution in [-0.2, 0) is 5.41 Å². The van der Waals surface area contributed by atoms with Gasteiger partial charge in [0.05, 0.1) is 12.8 Å². The molecule has 3 N–H and O–H groups in total. The molecule has 2 aromatic carbocycles. The maximum absolute atomic E-state index is 12.1. The van der Waals surface area contributed by atoms with E-state index in [0.717, 1.165) is 22.8 Å². The number of rotatable bonds is 5. The SMILES string of the molecule is COc1ccc(Nc2ccc(NC(=O)Nc3cc(C(C)(C)C)no3)cc2)cc1. The van der Waals surface area contributed by atoms with Gasteiger partial charge in [0.2, 0.25) is 5.88 Å². The lowest BCUT2D eigenvalue weighted by Gasteiger charge is -2.12. The van der Waals surface area contributed by atoms with E-state index in [4.69, 9.17) is 9.26 Å². The summed E-state index contributed by atoms with van der Waals surface area (Å²) in [7, 11) is 1.64. The molecule has 3 rings (SSSR count). The summed E-state index contributed by atoms with van der Waals surface area (Å²) in [5.41, 5.74) is 3.14. The summed E-state index contributed by atoms with van der Waals surface area (Å²) in [5, 5.41) is 12.7. The van der Waals surface area contributed by atoms with Crippen molar-refractivity contribution in [2.24, 2.45) is 0 Å². The molecule has 3 aromatic rings. The molecule has 0 aliphatic carbocycles. The fourth-order valence-corrected chi connectivity index (χ4v) is 2.44. The maximum atomic E-state index is 12.1. The van der Waals surface area contributed by atoms with Gasteiger partial charge in [-0.2, -0.15) is 0 Å². The van der Waals surface area contributed by atoms with Crippen LogP contribution in [0.1, 0.15) is 26.5 Å². The second-order valence-corrected chi connectivity index (χ2v) is 7.34. The normalized spacial score (nSPS) is 11.0. The van der Waals surface area contributed by atoms with Gasteiger partial charge in [-0.15, -0.1) is 0 Å². The van der Waals surface area contributed by atoms with Crippen LogP contribution in [0.3, 0.4) is 0 Å². The molecule has 0 saturated carbocycles. The zero-order valence-corrected chi connectivity index (χ0v) is 16.4. The van der Waals surface area contributed by atoms with Crippen molar-refractivity contribution in [3.05, 3.63) is 60.3 Å². The third kappa shape index (κ3) is 5.03. The van der Waals surface area contributed by atoms with E-state index in [1.54, 1.807) is 13.2 Å². The molecule has 0 bridgehead atoms. The number of ether oxygens (including phenoxy) is 1. The van der Waals surface area contributed by atoms with Gasteiger partial charge in [0.15, 0.2) is 0 Å². The van der Waals surface area contributed by atoms with Gasteiger partial charge in [-0.25, -0.2) is 4.79 Å². The van der Waals surface area contributed by atoms with E-state index >= 15 is 0 Å². The summed E-state index contributed by atoms with van der Waals surface area (Å²) < 4.78 is 10.3. The molecular weight excluding hydrogens is 356 g/mol. The van der Waals surface area contributed by atoms with Crippen molar-refractivity contribution in [1.82, 2.24) is 5.16 Å². The van der Waals surface area contributed by atoms with Gasteiger partial charge in [0, 0.05) is 28.5 Å². The molecule has 0 aliphatic heterocycles. The summed E-state index contributed by atoms with van der Waals surface area (Å²) >= 11 is 0. The third-order valence-electron chi connectivity index (χ3n) is 4.04. The fraction of sp³-hybridized carbons (Fsp3) is 0.238. The van der Waals surface area contributed by atoms with Crippen LogP contribution in [0.5, 0.6) is 5.75 Å². The number of aromatic nitrogens is 1. The highest BCUT2D eigenvalue weighted by Gasteiger charge is 2.19. The van der Waals surface area contributed by atoms with Crippen LogP contribution in [0.25, 0.3) is 0 Å². The van der Waals surface area contributed by atoms with E-state index in [0.29, 0.717) is 11.6 Å². The van der Waals surface area contributed by atoms with E-state index in [1.807, 2.05) is 69.3 Å². The molecule has 1 aromatic heterocycles. The topological polar surface area (TPSA) is 88.4 Å². The number of amides is 2. The van der Waals surface area contributed by atoms with Crippen molar-refractivity contribution in [2.75, 3.05) is 23.1 Å². The van der Waals surface area contributed by atoms with Crippen molar-refractivity contribution in [3.63, 3.8) is 0 Å². The number of benzene rings is 2. The number of urea groups is 1. The smallest absolute Gasteiger partial charge is 0.326 e. The molecule has 0 saturated heterocycles. The van der Waals surface area contributed by atoms with Crippen LogP contribution < -0.4 is 20.7 Å². The summed E-state index contributed by atoms with van der Waals surface area (Å²) in [6, 6.07) is 16.4. The maximum Gasteiger partial charge on any atom is 0.326 e. The first-order valence-corrected chi connectivity index (χ1v) is 8.90. The average molecular weight is 380 g/mol. The highest BCUT2D eigenvalue weighted by Crippen LogP contribution is 2.24. The van der Waals surface area contributed by atoms with E-state index < -0.39 is 6.03 Å². The van der Waals surface area contributed by atoms with Crippen molar-refractivity contribution >= 4 is 29.0 Å². The van der Waals surface area contributed by atoms with Gasteiger partial charge in [-0.3, -0.25) is 5.32 Å². The lowest BCUT2D eigenvalue weighted by atomic mass is 9.92. The Balaban J connectivity index is 1.56. The van der Waals surface area contributed by atoms with E-state index in [2.05, 4.69) is 21.1 Å². The Labute approximate surface area is 164 Å². The lowest BCUT2D eigenvalue weighted by molar-refractivity contribution is 0.261. The molecule has 28 heavy (non-hydrogen) atoms. The molecule has 1 heterocycles. The number of methoxy groups -OCH3 is 1. The second-order valence-electron chi connectivity index (χ2n) is 7.34. The Morgan fingerprint density at radius 3 is 2.04 bits per heavy atom. The molecule has 0 atom stereocenters. The minimum atomic E-state index is -0.396. The standard InChI is InChI=1S/C21H24N4O3/c1-21(2,3)18-13-19(28-25-18)24-20(26)23-16-7-5-14(6-8-16)22-15-9-11-17(27-4)12-10-15/h5-13,22H,1-4H3,(H2,23,24,26). The van der Waals surface area contributed by atoms with Gasteiger partial charge in [0.1, 0.15) is 5.75 Å². The van der Waals surface area contributed by atoms with Gasteiger partial charge < -0.3 is 19.9 Å². The molecule has 7 heteroatoms. The van der Waals surface area contributed by atoms with Crippen molar-refractivity contribution in [1.29, 1.82) is 0 Å². The highest BCUT2D eigenvalue weighted by molar-refractivity contribution is 5.99. The van der Waals surface area contributed by atoms with Crippen LogP contribution in [0.4, 0.5) is 27.7 Å². The number of carbonyl (C=O) groups excluding carboxylic acids is 1. The van der Waals surface area contributed by atoms with E-state index in [1.165, 1.54) is 0 Å². The first kappa shape index (κ1) is 19.3. The zero-order chi connectivity index (χ0) is 20.1. The summed E-state index contributed by atoms with van der Waals surface area (Å²) in [4.78, 5) is 12.1. The number of nitrogens with zero attached hydrogens (tertiary/aromatic N) is 1. The summed E-state index contributed by atoms with van der Waals surface area (Å²) in [5.74, 6) is 1.11. The molecular formula is C21H24N4O3. The molecule has 2 amide bonds.